The van der Waals surface area contributed by atoms with E-state index >= 15 is 0 Å². The van der Waals surface area contributed by atoms with E-state index in [1.54, 1.807) is 30.3 Å². The van der Waals surface area contributed by atoms with Crippen LogP contribution in [-0.4, -0.2) is 30.1 Å². The van der Waals surface area contributed by atoms with Crippen molar-refractivity contribution >= 4 is 43.1 Å². The summed E-state index contributed by atoms with van der Waals surface area (Å²) in [5.41, 5.74) is 3.16. The zero-order valence-corrected chi connectivity index (χ0v) is 20.6. The van der Waals surface area contributed by atoms with Crippen LogP contribution in [0.4, 0.5) is 3.89 Å². The summed E-state index contributed by atoms with van der Waals surface area (Å²) in [6, 6.07) is 12.1. The van der Waals surface area contributed by atoms with Crippen molar-refractivity contribution in [2.24, 2.45) is 0 Å². The van der Waals surface area contributed by atoms with Gasteiger partial charge in [-0.25, -0.2) is 0 Å². The quantitative estimate of drug-likeness (QED) is 0.322. The summed E-state index contributed by atoms with van der Waals surface area (Å²) in [6.45, 7) is 0. The molecule has 0 saturated heterocycles. The molecule has 2 aromatic carbocycles. The molecule has 1 saturated carbocycles. The number of nitriles is 1. The zero-order valence-electron chi connectivity index (χ0n) is 19.8. The Morgan fingerprint density at radius 1 is 1.14 bits per heavy atom. The Morgan fingerprint density at radius 3 is 2.62 bits per heavy atom. The fraction of sp³-hybridized carbons (Fsp3) is 0.222. The second-order valence-corrected chi connectivity index (χ2v) is 10.6. The zero-order chi connectivity index (χ0) is 25.9. The van der Waals surface area contributed by atoms with Crippen molar-refractivity contribution in [3.8, 4) is 22.9 Å². The van der Waals surface area contributed by atoms with Crippen LogP contribution in [0.1, 0.15) is 37.3 Å². The SMILES string of the molecule is COc1cc2c(=O)c3c4ccc(C#N)cc4[nH]c3n(C3CCCC3)c2cc1-c1cncc(S(=O)(=O)F)c1. The summed E-state index contributed by atoms with van der Waals surface area (Å²) in [6.07, 6.45) is 6.37. The Bertz CT molecular complexity index is 1950. The van der Waals surface area contributed by atoms with Gasteiger partial charge in [0.25, 0.3) is 0 Å². The molecular formula is C27H21FN4O4S. The van der Waals surface area contributed by atoms with Gasteiger partial charge in [-0.05, 0) is 43.2 Å². The monoisotopic (exact) mass is 516 g/mol. The minimum absolute atomic E-state index is 0.131. The molecule has 3 heterocycles. The summed E-state index contributed by atoms with van der Waals surface area (Å²) in [7, 11) is -3.50. The minimum atomic E-state index is -4.96. The lowest BCUT2D eigenvalue weighted by molar-refractivity contribution is 0.417. The van der Waals surface area contributed by atoms with Gasteiger partial charge < -0.3 is 14.3 Å². The van der Waals surface area contributed by atoms with E-state index in [0.717, 1.165) is 37.3 Å². The lowest BCUT2D eigenvalue weighted by Gasteiger charge is -2.21. The molecule has 0 amide bonds. The molecule has 1 aliphatic carbocycles. The fourth-order valence-electron chi connectivity index (χ4n) is 5.50. The molecule has 186 valence electrons. The molecule has 0 bridgehead atoms. The Morgan fingerprint density at radius 2 is 1.92 bits per heavy atom. The third kappa shape index (κ3) is 3.65. The van der Waals surface area contributed by atoms with Crippen LogP contribution in [0.2, 0.25) is 0 Å². The van der Waals surface area contributed by atoms with Crippen molar-refractivity contribution in [2.45, 2.75) is 36.6 Å². The number of aromatic nitrogens is 3. The van der Waals surface area contributed by atoms with E-state index in [9.17, 15) is 22.4 Å². The first-order chi connectivity index (χ1) is 17.8. The molecule has 1 fully saturated rings. The molecule has 1 aliphatic rings. The lowest BCUT2D eigenvalue weighted by atomic mass is 10.0. The van der Waals surface area contributed by atoms with Crippen molar-refractivity contribution in [3.05, 3.63) is 64.6 Å². The first-order valence-electron chi connectivity index (χ1n) is 11.8. The number of nitrogens with zero attached hydrogens (tertiary/aromatic N) is 3. The molecule has 10 heteroatoms. The summed E-state index contributed by atoms with van der Waals surface area (Å²) in [5.74, 6) is 0.337. The van der Waals surface area contributed by atoms with E-state index in [1.165, 1.54) is 19.4 Å². The second-order valence-electron chi connectivity index (χ2n) is 9.27. The van der Waals surface area contributed by atoms with Crippen LogP contribution in [0.15, 0.2) is 58.5 Å². The van der Waals surface area contributed by atoms with Crippen LogP contribution < -0.4 is 10.2 Å². The van der Waals surface area contributed by atoms with E-state index in [0.29, 0.717) is 49.9 Å². The average molecular weight is 517 g/mol. The van der Waals surface area contributed by atoms with Gasteiger partial charge in [0.05, 0.1) is 35.0 Å². The molecule has 3 aromatic heterocycles. The van der Waals surface area contributed by atoms with Gasteiger partial charge in [-0.3, -0.25) is 9.78 Å². The first-order valence-corrected chi connectivity index (χ1v) is 13.2. The molecule has 0 radical (unpaired) electrons. The predicted octanol–water partition coefficient (Wildman–Crippen LogP) is 5.35. The van der Waals surface area contributed by atoms with Crippen LogP contribution >= 0.6 is 0 Å². The number of aromatic amines is 1. The highest BCUT2D eigenvalue weighted by atomic mass is 32.3. The maximum atomic E-state index is 13.9. The molecule has 37 heavy (non-hydrogen) atoms. The highest BCUT2D eigenvalue weighted by molar-refractivity contribution is 7.86. The molecule has 1 N–H and O–H groups in total. The number of pyridine rings is 2. The first kappa shape index (κ1) is 23.2. The molecule has 0 aliphatic heterocycles. The molecule has 6 rings (SSSR count). The van der Waals surface area contributed by atoms with Crippen molar-refractivity contribution < 1.29 is 17.0 Å². The van der Waals surface area contributed by atoms with E-state index in [4.69, 9.17) is 4.74 Å². The third-order valence-corrected chi connectivity index (χ3v) is 7.98. The number of H-pyrrole nitrogens is 1. The summed E-state index contributed by atoms with van der Waals surface area (Å²) in [4.78, 5) is 20.6. The van der Waals surface area contributed by atoms with Crippen LogP contribution in [-0.2, 0) is 10.2 Å². The predicted molar refractivity (Wildman–Crippen MR) is 138 cm³/mol. The number of ether oxygens (including phenoxy) is 1. The summed E-state index contributed by atoms with van der Waals surface area (Å²) >= 11 is 0. The molecule has 8 nitrogen and oxygen atoms in total. The van der Waals surface area contributed by atoms with Crippen LogP contribution in [0.5, 0.6) is 5.75 Å². The van der Waals surface area contributed by atoms with Crippen molar-refractivity contribution in [1.82, 2.24) is 14.5 Å². The van der Waals surface area contributed by atoms with E-state index < -0.39 is 15.1 Å². The Balaban J connectivity index is 1.74. The Hall–Kier alpha value is -4.23. The molecular weight excluding hydrogens is 495 g/mol. The van der Waals surface area contributed by atoms with Crippen molar-refractivity contribution in [2.75, 3.05) is 7.11 Å². The number of halogens is 1. The number of fused-ring (bicyclic) bond motifs is 4. The van der Waals surface area contributed by atoms with Gasteiger partial charge in [-0.1, -0.05) is 18.9 Å². The van der Waals surface area contributed by atoms with Gasteiger partial charge in [0.15, 0.2) is 5.43 Å². The molecule has 5 aromatic rings. The van der Waals surface area contributed by atoms with E-state index in [-0.39, 0.29) is 11.5 Å². The Kier molecular flexibility index (Phi) is 5.28. The number of methoxy groups -OCH3 is 1. The summed E-state index contributed by atoms with van der Waals surface area (Å²) < 4.78 is 44.5. The third-order valence-electron chi connectivity index (χ3n) is 7.19. The van der Waals surface area contributed by atoms with Crippen molar-refractivity contribution in [1.29, 1.82) is 5.26 Å². The van der Waals surface area contributed by atoms with Crippen LogP contribution in [0.3, 0.4) is 0 Å². The highest BCUT2D eigenvalue weighted by Crippen LogP contribution is 2.40. The van der Waals surface area contributed by atoms with Gasteiger partial charge in [0.1, 0.15) is 16.3 Å². The second kappa shape index (κ2) is 8.42. The number of hydrogen-bond donors (Lipinski definition) is 1. The smallest absolute Gasteiger partial charge is 0.333 e. The maximum absolute atomic E-state index is 13.9. The van der Waals surface area contributed by atoms with Gasteiger partial charge in [-0.15, -0.1) is 3.89 Å². The lowest BCUT2D eigenvalue weighted by Crippen LogP contribution is -2.14. The van der Waals surface area contributed by atoms with Gasteiger partial charge in [-0.2, -0.15) is 13.7 Å². The molecule has 0 spiro atoms. The normalized spacial score (nSPS) is 14.5. The minimum Gasteiger partial charge on any atom is -0.496 e. The largest absolute Gasteiger partial charge is 0.496 e. The van der Waals surface area contributed by atoms with Crippen LogP contribution in [0, 0.1) is 11.3 Å². The topological polar surface area (TPSA) is 118 Å². The van der Waals surface area contributed by atoms with Gasteiger partial charge >= 0.3 is 10.2 Å². The van der Waals surface area contributed by atoms with Gasteiger partial charge in [0.2, 0.25) is 0 Å². The number of benzene rings is 2. The average Bonchev–Trinajstić information content (AvgIpc) is 3.56. The highest BCUT2D eigenvalue weighted by Gasteiger charge is 2.25. The summed E-state index contributed by atoms with van der Waals surface area (Å²) in [5, 5.41) is 11.1. The van der Waals surface area contributed by atoms with E-state index in [2.05, 4.69) is 20.6 Å². The van der Waals surface area contributed by atoms with Gasteiger partial charge in [0, 0.05) is 40.5 Å². The molecule has 0 unspecified atom stereocenters. The Labute approximate surface area is 211 Å². The molecule has 0 atom stereocenters. The number of rotatable bonds is 4. The van der Waals surface area contributed by atoms with E-state index in [1.807, 2.05) is 0 Å². The number of nitrogens with one attached hydrogen (secondary N) is 1. The number of hydrogen-bond acceptors (Lipinski definition) is 6. The fourth-order valence-corrected chi connectivity index (χ4v) is 5.96. The standard InChI is InChI=1S/C27H21FN4O4S/c1-36-24-11-21-23(10-20(24)16-9-18(14-30-13-16)37(28,34)35)32(17-4-2-3-5-17)27-25(26(21)33)19-7-6-15(12-29)8-22(19)31-27/h6-11,13-14,17,31H,2-5H2,1H3. The maximum Gasteiger partial charge on any atom is 0.333 e. The van der Waals surface area contributed by atoms with Crippen LogP contribution in [0.25, 0.3) is 44.0 Å². The van der Waals surface area contributed by atoms with Crippen molar-refractivity contribution in [3.63, 3.8) is 0 Å².